The molecule has 94 valence electrons. The molecule has 1 aliphatic rings. The number of ether oxygens (including phenoxy) is 1. The van der Waals surface area contributed by atoms with E-state index < -0.39 is 0 Å². The summed E-state index contributed by atoms with van der Waals surface area (Å²) in [5.74, 6) is -0.603. The number of hydrogen-bond donors (Lipinski definition) is 0. The molecule has 2 rings (SSSR count). The van der Waals surface area contributed by atoms with E-state index >= 15 is 0 Å². The number of rotatable bonds is 2. The molecule has 0 saturated heterocycles. The maximum absolute atomic E-state index is 12.1. The van der Waals surface area contributed by atoms with Gasteiger partial charge >= 0.3 is 5.97 Å². The van der Waals surface area contributed by atoms with Gasteiger partial charge in [-0.25, -0.2) is 4.79 Å². The minimum atomic E-state index is -0.379. The van der Waals surface area contributed by atoms with E-state index in [9.17, 15) is 9.59 Å². The van der Waals surface area contributed by atoms with Crippen LogP contribution in [0.2, 0.25) is 0 Å². The van der Waals surface area contributed by atoms with E-state index in [-0.39, 0.29) is 17.8 Å². The summed E-state index contributed by atoms with van der Waals surface area (Å²) in [6.45, 7) is 1.81. The lowest BCUT2D eigenvalue weighted by molar-refractivity contribution is -0.136. The molecule has 0 fully saturated rings. The Morgan fingerprint density at radius 1 is 1.33 bits per heavy atom. The first-order chi connectivity index (χ1) is 8.63. The smallest absolute Gasteiger partial charge is 0.335 e. The van der Waals surface area contributed by atoms with Crippen molar-refractivity contribution in [1.29, 1.82) is 0 Å². The maximum Gasteiger partial charge on any atom is 0.335 e. The fraction of sp³-hybridized carbons (Fsp3) is 0.286. The van der Waals surface area contributed by atoms with Crippen molar-refractivity contribution < 1.29 is 14.3 Å². The molecule has 1 aromatic rings. The minimum Gasteiger partial charge on any atom is -0.466 e. The van der Waals surface area contributed by atoms with Crippen molar-refractivity contribution in [3.63, 3.8) is 0 Å². The number of benzene rings is 1. The van der Waals surface area contributed by atoms with Crippen LogP contribution in [-0.4, -0.2) is 19.0 Å². The number of carbonyl (C=O) groups is 2. The van der Waals surface area contributed by atoms with Crippen molar-refractivity contribution in [2.75, 3.05) is 12.0 Å². The second-order valence-electron chi connectivity index (χ2n) is 4.29. The van der Waals surface area contributed by atoms with Crippen molar-refractivity contribution in [3.8, 4) is 0 Å². The first kappa shape index (κ1) is 12.4. The molecule has 0 bridgehead atoms. The van der Waals surface area contributed by atoms with Gasteiger partial charge in [-0.05, 0) is 18.6 Å². The maximum atomic E-state index is 12.1. The van der Waals surface area contributed by atoms with Crippen LogP contribution in [0.3, 0.4) is 0 Å². The predicted molar refractivity (Wildman–Crippen MR) is 67.8 cm³/mol. The summed E-state index contributed by atoms with van der Waals surface area (Å²) in [4.78, 5) is 25.2. The Morgan fingerprint density at radius 3 is 2.61 bits per heavy atom. The third kappa shape index (κ3) is 2.27. The van der Waals surface area contributed by atoms with Gasteiger partial charge in [0.1, 0.15) is 0 Å². The van der Waals surface area contributed by atoms with E-state index in [0.717, 1.165) is 5.69 Å². The Kier molecular flexibility index (Phi) is 3.46. The van der Waals surface area contributed by atoms with Crippen LogP contribution in [0.5, 0.6) is 0 Å². The molecule has 1 unspecified atom stereocenters. The molecule has 4 nitrogen and oxygen atoms in total. The summed E-state index contributed by atoms with van der Waals surface area (Å²) in [5, 5.41) is 0. The minimum absolute atomic E-state index is 0.00569. The number of anilines is 1. The zero-order valence-electron chi connectivity index (χ0n) is 10.4. The molecule has 0 aliphatic carbocycles. The molecule has 0 radical (unpaired) electrons. The van der Waals surface area contributed by atoms with E-state index in [1.54, 1.807) is 6.20 Å². The highest BCUT2D eigenvalue weighted by Gasteiger charge is 2.29. The fourth-order valence-corrected chi connectivity index (χ4v) is 1.98. The molecule has 1 heterocycles. The van der Waals surface area contributed by atoms with Gasteiger partial charge in [0, 0.05) is 17.8 Å². The van der Waals surface area contributed by atoms with Crippen LogP contribution >= 0.6 is 0 Å². The monoisotopic (exact) mass is 245 g/mol. The first-order valence-corrected chi connectivity index (χ1v) is 5.80. The number of hydrogen-bond acceptors (Lipinski definition) is 3. The summed E-state index contributed by atoms with van der Waals surface area (Å²) in [5.41, 5.74) is 1.28. The van der Waals surface area contributed by atoms with Crippen LogP contribution in [0.1, 0.15) is 13.3 Å². The van der Waals surface area contributed by atoms with Gasteiger partial charge in [0.2, 0.25) is 5.91 Å². The Morgan fingerprint density at radius 2 is 2.00 bits per heavy atom. The standard InChI is InChI=1S/C14H15NO3/c1-10-8-11(14(17)18-2)9-15(13(10)16)12-6-4-3-5-7-12/h3-7,9-10H,8H2,1-2H3. The third-order valence-corrected chi connectivity index (χ3v) is 2.95. The van der Waals surface area contributed by atoms with Crippen LogP contribution < -0.4 is 4.90 Å². The van der Waals surface area contributed by atoms with E-state index in [1.165, 1.54) is 12.0 Å². The zero-order valence-corrected chi connectivity index (χ0v) is 10.4. The Labute approximate surface area is 106 Å². The SMILES string of the molecule is COC(=O)C1=CN(c2ccccc2)C(=O)C(C)C1. The lowest BCUT2D eigenvalue weighted by atomic mass is 9.96. The Bertz CT molecular complexity index is 493. The molecule has 1 aliphatic heterocycles. The van der Waals surface area contributed by atoms with E-state index in [1.807, 2.05) is 37.3 Å². The molecule has 4 heteroatoms. The number of esters is 1. The highest BCUT2D eigenvalue weighted by atomic mass is 16.5. The summed E-state index contributed by atoms with van der Waals surface area (Å²) >= 11 is 0. The van der Waals surface area contributed by atoms with Gasteiger partial charge < -0.3 is 4.74 Å². The molecule has 1 atom stereocenters. The molecule has 1 aromatic carbocycles. The van der Waals surface area contributed by atoms with Crippen molar-refractivity contribution in [3.05, 3.63) is 42.1 Å². The van der Waals surface area contributed by atoms with Gasteiger partial charge in [0.15, 0.2) is 0 Å². The van der Waals surface area contributed by atoms with Crippen LogP contribution in [0.15, 0.2) is 42.1 Å². The molecule has 0 N–H and O–H groups in total. The average Bonchev–Trinajstić information content (AvgIpc) is 2.41. The topological polar surface area (TPSA) is 46.6 Å². The lowest BCUT2D eigenvalue weighted by Crippen LogP contribution is -2.36. The Hall–Kier alpha value is -2.10. The molecule has 1 amide bonds. The second kappa shape index (κ2) is 5.04. The van der Waals surface area contributed by atoms with Gasteiger partial charge in [0.25, 0.3) is 0 Å². The van der Waals surface area contributed by atoms with Gasteiger partial charge in [-0.1, -0.05) is 25.1 Å². The average molecular weight is 245 g/mol. The summed E-state index contributed by atoms with van der Waals surface area (Å²) in [6.07, 6.45) is 2.00. The molecule has 18 heavy (non-hydrogen) atoms. The zero-order chi connectivity index (χ0) is 13.1. The van der Waals surface area contributed by atoms with Gasteiger partial charge in [0.05, 0.1) is 12.7 Å². The third-order valence-electron chi connectivity index (χ3n) is 2.95. The number of para-hydroxylation sites is 1. The lowest BCUT2D eigenvalue weighted by Gasteiger charge is -2.28. The molecular formula is C14H15NO3. The Balaban J connectivity index is 2.38. The number of carbonyl (C=O) groups excluding carboxylic acids is 2. The van der Waals surface area contributed by atoms with E-state index in [4.69, 9.17) is 4.74 Å². The van der Waals surface area contributed by atoms with Crippen LogP contribution in [0.25, 0.3) is 0 Å². The molecule has 0 spiro atoms. The quantitative estimate of drug-likeness (QED) is 0.750. The molecular weight excluding hydrogens is 230 g/mol. The van der Waals surface area contributed by atoms with E-state index in [0.29, 0.717) is 12.0 Å². The number of nitrogens with zero attached hydrogens (tertiary/aromatic N) is 1. The van der Waals surface area contributed by atoms with Crippen molar-refractivity contribution in [2.24, 2.45) is 5.92 Å². The van der Waals surface area contributed by atoms with Crippen LogP contribution in [0.4, 0.5) is 5.69 Å². The van der Waals surface area contributed by atoms with Crippen molar-refractivity contribution in [2.45, 2.75) is 13.3 Å². The van der Waals surface area contributed by atoms with Crippen molar-refractivity contribution in [1.82, 2.24) is 0 Å². The van der Waals surface area contributed by atoms with Gasteiger partial charge in [-0.15, -0.1) is 0 Å². The van der Waals surface area contributed by atoms with Crippen LogP contribution in [-0.2, 0) is 14.3 Å². The largest absolute Gasteiger partial charge is 0.466 e. The van der Waals surface area contributed by atoms with Crippen molar-refractivity contribution >= 4 is 17.6 Å². The summed E-state index contributed by atoms with van der Waals surface area (Å²) in [7, 11) is 1.34. The summed E-state index contributed by atoms with van der Waals surface area (Å²) in [6, 6.07) is 9.26. The summed E-state index contributed by atoms with van der Waals surface area (Å²) < 4.78 is 4.71. The molecule has 0 aromatic heterocycles. The van der Waals surface area contributed by atoms with Crippen LogP contribution in [0, 0.1) is 5.92 Å². The highest BCUT2D eigenvalue weighted by Crippen LogP contribution is 2.26. The van der Waals surface area contributed by atoms with Gasteiger partial charge in [-0.2, -0.15) is 0 Å². The highest BCUT2D eigenvalue weighted by molar-refractivity contribution is 6.02. The first-order valence-electron chi connectivity index (χ1n) is 5.80. The fourth-order valence-electron chi connectivity index (χ4n) is 1.98. The second-order valence-corrected chi connectivity index (χ2v) is 4.29. The molecule has 0 saturated carbocycles. The van der Waals surface area contributed by atoms with Gasteiger partial charge in [-0.3, -0.25) is 9.69 Å². The predicted octanol–water partition coefficient (Wildman–Crippen LogP) is 2.12. The number of methoxy groups -OCH3 is 1. The number of amides is 1. The normalized spacial score (nSPS) is 19.4. The van der Waals surface area contributed by atoms with E-state index in [2.05, 4.69) is 0 Å².